The quantitative estimate of drug-likeness (QED) is 0.150. The molecule has 40 heavy (non-hydrogen) atoms. The Morgan fingerprint density at radius 2 is 1.68 bits per heavy atom. The summed E-state index contributed by atoms with van der Waals surface area (Å²) in [5.74, 6) is -2.81. The molecule has 0 unspecified atom stereocenters. The first-order valence-electron chi connectivity index (χ1n) is 13.1. The Balaban J connectivity index is 1.95. The lowest BCUT2D eigenvalue weighted by Gasteiger charge is -2.23. The monoisotopic (exact) mass is 576 g/mol. The van der Waals surface area contributed by atoms with Crippen molar-refractivity contribution < 1.29 is 29.1 Å². The number of para-hydroxylation sites is 1. The van der Waals surface area contributed by atoms with Gasteiger partial charge in [0, 0.05) is 23.5 Å². The maximum absolute atomic E-state index is 13.1. The topological polar surface area (TPSA) is 196 Å². The fraction of sp³-hybridized carbons (Fsp3) is 0.519. The Labute approximate surface area is 238 Å². The number of amides is 4. The number of hydrogen-bond donors (Lipinski definition) is 7. The third-order valence-corrected chi connectivity index (χ3v) is 6.86. The molecule has 0 spiro atoms. The highest BCUT2D eigenvalue weighted by atomic mass is 32.2. The van der Waals surface area contributed by atoms with E-state index in [2.05, 4.69) is 26.3 Å². The number of nitrogens with two attached hydrogens (primary N) is 1. The van der Waals surface area contributed by atoms with Crippen LogP contribution in [0.2, 0.25) is 0 Å². The number of aliphatic carboxylic acids is 1. The number of carboxylic acids is 1. The van der Waals surface area contributed by atoms with Gasteiger partial charge in [0.05, 0.1) is 12.6 Å². The van der Waals surface area contributed by atoms with Gasteiger partial charge in [-0.05, 0) is 49.3 Å². The number of aromatic nitrogens is 1. The minimum Gasteiger partial charge on any atom is -0.480 e. The van der Waals surface area contributed by atoms with Gasteiger partial charge >= 0.3 is 5.97 Å². The van der Waals surface area contributed by atoms with Gasteiger partial charge in [-0.1, -0.05) is 32.0 Å². The first kappa shape index (κ1) is 32.6. The first-order valence-corrected chi connectivity index (χ1v) is 14.5. The highest BCUT2D eigenvalue weighted by Gasteiger charge is 2.28. The summed E-state index contributed by atoms with van der Waals surface area (Å²) >= 11 is 1.56. The molecular formula is C27H40N6O6S. The molecule has 1 heterocycles. The number of fused-ring (bicyclic) bond motifs is 1. The molecule has 1 aromatic carbocycles. The number of benzene rings is 1. The third-order valence-electron chi connectivity index (χ3n) is 6.22. The van der Waals surface area contributed by atoms with Crippen LogP contribution in [0.25, 0.3) is 10.9 Å². The molecule has 13 heteroatoms. The molecule has 4 atom stereocenters. The van der Waals surface area contributed by atoms with E-state index in [1.165, 1.54) is 6.92 Å². The Kier molecular flexibility index (Phi) is 12.9. The zero-order chi connectivity index (χ0) is 29.8. The van der Waals surface area contributed by atoms with Crippen LogP contribution in [-0.4, -0.2) is 82.4 Å². The van der Waals surface area contributed by atoms with E-state index < -0.39 is 60.3 Å². The molecule has 0 bridgehead atoms. The predicted molar refractivity (Wildman–Crippen MR) is 155 cm³/mol. The number of H-pyrrole nitrogens is 1. The van der Waals surface area contributed by atoms with Crippen molar-refractivity contribution in [1.82, 2.24) is 26.3 Å². The Bertz CT molecular complexity index is 1190. The van der Waals surface area contributed by atoms with Crippen molar-refractivity contribution >= 4 is 52.3 Å². The number of hydrogen-bond acceptors (Lipinski definition) is 7. The van der Waals surface area contributed by atoms with Crippen molar-refractivity contribution in [1.29, 1.82) is 0 Å². The van der Waals surface area contributed by atoms with Crippen LogP contribution in [0.15, 0.2) is 30.5 Å². The molecule has 4 amide bonds. The van der Waals surface area contributed by atoms with Gasteiger partial charge in [-0.25, -0.2) is 4.79 Å². The molecular weight excluding hydrogens is 536 g/mol. The lowest BCUT2D eigenvalue weighted by Crippen LogP contribution is -2.55. The average Bonchev–Trinajstić information content (AvgIpc) is 3.31. The number of nitrogens with one attached hydrogen (secondary N) is 5. The van der Waals surface area contributed by atoms with Crippen LogP contribution in [-0.2, 0) is 30.4 Å². The summed E-state index contributed by atoms with van der Waals surface area (Å²) in [4.78, 5) is 65.3. The minimum atomic E-state index is -1.22. The second kappa shape index (κ2) is 15.9. The lowest BCUT2D eigenvalue weighted by atomic mass is 10.0. The highest BCUT2D eigenvalue weighted by molar-refractivity contribution is 7.98. The molecule has 12 nitrogen and oxygen atoms in total. The van der Waals surface area contributed by atoms with Gasteiger partial charge < -0.3 is 37.1 Å². The van der Waals surface area contributed by atoms with Gasteiger partial charge in [-0.15, -0.1) is 0 Å². The molecule has 0 aliphatic heterocycles. The van der Waals surface area contributed by atoms with Gasteiger partial charge in [0.1, 0.15) is 18.1 Å². The van der Waals surface area contributed by atoms with E-state index in [0.29, 0.717) is 12.2 Å². The van der Waals surface area contributed by atoms with Crippen molar-refractivity contribution in [2.24, 2.45) is 11.7 Å². The summed E-state index contributed by atoms with van der Waals surface area (Å²) in [7, 11) is 0. The van der Waals surface area contributed by atoms with Crippen molar-refractivity contribution in [3.63, 3.8) is 0 Å². The summed E-state index contributed by atoms with van der Waals surface area (Å²) in [6.07, 6.45) is 4.38. The second-order valence-electron chi connectivity index (χ2n) is 10.0. The maximum atomic E-state index is 13.1. The molecule has 8 N–H and O–H groups in total. The summed E-state index contributed by atoms with van der Waals surface area (Å²) in [5, 5.41) is 20.7. The van der Waals surface area contributed by atoms with Gasteiger partial charge in [0.15, 0.2) is 0 Å². The summed E-state index contributed by atoms with van der Waals surface area (Å²) in [5.41, 5.74) is 7.41. The molecule has 0 aliphatic carbocycles. The summed E-state index contributed by atoms with van der Waals surface area (Å²) in [6.45, 7) is 4.77. The molecule has 2 aromatic rings. The fourth-order valence-corrected chi connectivity index (χ4v) is 4.51. The molecule has 0 saturated carbocycles. The molecule has 0 saturated heterocycles. The standard InChI is InChI=1S/C27H40N6O6S/c1-15(2)11-21(32-23(34)14-30-24(35)16(3)31-25(36)19(28)9-10-40-4)26(37)33-22(27(38)39)12-17-13-29-20-8-6-5-7-18(17)20/h5-8,13,15-16,19,21-22,29H,9-12,14,28H2,1-4H3,(H,30,35)(H,31,36)(H,32,34)(H,33,37)(H,38,39)/t16-,19-,21-,22-/m0/s1. The summed E-state index contributed by atoms with van der Waals surface area (Å²) in [6, 6.07) is 3.55. The number of thioether (sulfide) groups is 1. The SMILES string of the molecule is CSCC[C@H](N)C(=O)N[C@@H](C)C(=O)NCC(=O)N[C@@H](CC(C)C)C(=O)N[C@@H](Cc1c[nH]c2ccccc12)C(=O)O. The maximum Gasteiger partial charge on any atom is 0.326 e. The van der Waals surface area contributed by atoms with Crippen molar-refractivity contribution in [2.45, 2.75) is 64.2 Å². The number of aromatic amines is 1. The zero-order valence-corrected chi connectivity index (χ0v) is 24.1. The predicted octanol–water partition coefficient (Wildman–Crippen LogP) is 0.512. The molecule has 1 aromatic heterocycles. The van der Waals surface area contributed by atoms with Crippen LogP contribution in [0.1, 0.15) is 39.2 Å². The fourth-order valence-electron chi connectivity index (χ4n) is 4.02. The van der Waals surface area contributed by atoms with Crippen molar-refractivity contribution in [2.75, 3.05) is 18.6 Å². The lowest BCUT2D eigenvalue weighted by molar-refractivity contribution is -0.142. The first-order chi connectivity index (χ1) is 18.9. The van der Waals surface area contributed by atoms with Crippen molar-refractivity contribution in [3.8, 4) is 0 Å². The van der Waals surface area contributed by atoms with Crippen LogP contribution in [0.3, 0.4) is 0 Å². The van der Waals surface area contributed by atoms with Crippen LogP contribution in [0, 0.1) is 5.92 Å². The van der Waals surface area contributed by atoms with Crippen LogP contribution < -0.4 is 27.0 Å². The minimum absolute atomic E-state index is 0.00749. The third kappa shape index (κ3) is 10.2. The average molecular weight is 577 g/mol. The van der Waals surface area contributed by atoms with E-state index in [1.807, 2.05) is 44.4 Å². The van der Waals surface area contributed by atoms with E-state index in [-0.39, 0.29) is 18.8 Å². The Morgan fingerprint density at radius 1 is 0.975 bits per heavy atom. The van der Waals surface area contributed by atoms with Crippen LogP contribution in [0.5, 0.6) is 0 Å². The number of carbonyl (C=O) groups excluding carboxylic acids is 4. The molecule has 220 valence electrons. The summed E-state index contributed by atoms with van der Waals surface area (Å²) < 4.78 is 0. The van der Waals surface area contributed by atoms with Gasteiger partial charge in [0.2, 0.25) is 23.6 Å². The van der Waals surface area contributed by atoms with E-state index in [0.717, 1.165) is 16.5 Å². The largest absolute Gasteiger partial charge is 0.480 e. The second-order valence-corrected chi connectivity index (χ2v) is 11.0. The molecule has 0 fully saturated rings. The number of carbonyl (C=O) groups is 5. The molecule has 2 rings (SSSR count). The van der Waals surface area contributed by atoms with Crippen LogP contribution in [0.4, 0.5) is 0 Å². The zero-order valence-electron chi connectivity index (χ0n) is 23.3. The highest BCUT2D eigenvalue weighted by Crippen LogP contribution is 2.19. The molecule has 0 aliphatic rings. The van der Waals surface area contributed by atoms with Crippen LogP contribution >= 0.6 is 11.8 Å². The van der Waals surface area contributed by atoms with E-state index in [9.17, 15) is 29.1 Å². The van der Waals surface area contributed by atoms with Crippen molar-refractivity contribution in [3.05, 3.63) is 36.0 Å². The van der Waals surface area contributed by atoms with Gasteiger partial charge in [-0.3, -0.25) is 19.2 Å². The normalized spacial score (nSPS) is 14.2. The van der Waals surface area contributed by atoms with E-state index in [1.54, 1.807) is 18.0 Å². The number of rotatable bonds is 16. The Hall–Kier alpha value is -3.58. The van der Waals surface area contributed by atoms with Gasteiger partial charge in [0.25, 0.3) is 0 Å². The van der Waals surface area contributed by atoms with Gasteiger partial charge in [-0.2, -0.15) is 11.8 Å². The Morgan fingerprint density at radius 3 is 2.33 bits per heavy atom. The smallest absolute Gasteiger partial charge is 0.326 e. The molecule has 0 radical (unpaired) electrons. The number of carboxylic acid groups (broad SMARTS) is 1. The van der Waals surface area contributed by atoms with E-state index in [4.69, 9.17) is 5.73 Å². The van der Waals surface area contributed by atoms with E-state index >= 15 is 0 Å².